The number of urea groups is 1. The maximum atomic E-state index is 12.8. The second-order valence-corrected chi connectivity index (χ2v) is 7.54. The number of carbonyl (C=O) groups excluding carboxylic acids is 3. The molecule has 0 spiro atoms. The molecule has 0 radical (unpaired) electrons. The van der Waals surface area contributed by atoms with Crippen LogP contribution in [-0.2, 0) is 14.3 Å². The molecule has 1 aromatic carbocycles. The number of benzene rings is 1. The Labute approximate surface area is 183 Å². The number of imide groups is 1. The molecule has 1 N–H and O–H groups in total. The molecule has 0 aromatic heterocycles. The first-order valence-electron chi connectivity index (χ1n) is 10.5. The average molecular weight is 433 g/mol. The molecule has 8 heteroatoms. The van der Waals surface area contributed by atoms with E-state index in [0.29, 0.717) is 29.6 Å². The number of hydrogen-bond acceptors (Lipinski definition) is 6. The summed E-state index contributed by atoms with van der Waals surface area (Å²) in [6, 6.07) is 3.51. The summed E-state index contributed by atoms with van der Waals surface area (Å²) in [5, 5.41) is 2.63. The number of nitrogens with one attached hydrogen (secondary N) is 1. The van der Waals surface area contributed by atoms with Crippen LogP contribution >= 0.6 is 0 Å². The largest absolute Gasteiger partial charge is 0.493 e. The van der Waals surface area contributed by atoms with Gasteiger partial charge in [0.05, 0.1) is 27.4 Å². The number of hydrogen-bond donors (Lipinski definition) is 1. The third kappa shape index (κ3) is 5.99. The van der Waals surface area contributed by atoms with Crippen LogP contribution in [0.2, 0.25) is 0 Å². The normalized spacial score (nSPS) is 16.6. The molecule has 1 heterocycles. The number of nitrogens with zero attached hydrogens (tertiary/aromatic N) is 1. The molecule has 1 aliphatic heterocycles. The van der Waals surface area contributed by atoms with Crippen LogP contribution in [0.15, 0.2) is 30.4 Å². The predicted octanol–water partition coefficient (Wildman–Crippen LogP) is 3.61. The zero-order chi connectivity index (χ0) is 23.0. The Kier molecular flexibility index (Phi) is 8.90. The van der Waals surface area contributed by atoms with Crippen molar-refractivity contribution >= 4 is 17.9 Å². The Morgan fingerprint density at radius 1 is 1.19 bits per heavy atom. The van der Waals surface area contributed by atoms with Crippen LogP contribution < -0.4 is 14.8 Å². The maximum Gasteiger partial charge on any atom is 0.335 e. The summed E-state index contributed by atoms with van der Waals surface area (Å²) in [5.41, 5.74) is 0.607. The molecule has 1 aromatic rings. The highest BCUT2D eigenvalue weighted by Crippen LogP contribution is 2.32. The van der Waals surface area contributed by atoms with Crippen LogP contribution in [0.25, 0.3) is 0 Å². The van der Waals surface area contributed by atoms with Gasteiger partial charge in [0, 0.05) is 5.57 Å². The Balaban J connectivity index is 1.99. The summed E-state index contributed by atoms with van der Waals surface area (Å²) < 4.78 is 15.8. The minimum atomic E-state index is -0.880. The van der Waals surface area contributed by atoms with E-state index in [-0.39, 0.29) is 12.1 Å². The average Bonchev–Trinajstić information content (AvgIpc) is 3.06. The summed E-state index contributed by atoms with van der Waals surface area (Å²) >= 11 is 0. The number of unbranched alkanes of at least 4 members (excludes halogenated alkanes) is 1. The first-order chi connectivity index (χ1) is 14.9. The Hall–Kier alpha value is -3.03. The molecule has 0 saturated carbocycles. The van der Waals surface area contributed by atoms with Gasteiger partial charge in [0.1, 0.15) is 6.04 Å². The molecule has 1 fully saturated rings. The molecule has 1 saturated heterocycles. The fourth-order valence-electron chi connectivity index (χ4n) is 3.38. The molecular formula is C23H32N2O6. The van der Waals surface area contributed by atoms with E-state index < -0.39 is 23.9 Å². The summed E-state index contributed by atoms with van der Waals surface area (Å²) in [4.78, 5) is 38.5. The summed E-state index contributed by atoms with van der Waals surface area (Å²) in [6.45, 7) is 7.98. The van der Waals surface area contributed by atoms with E-state index in [2.05, 4.69) is 25.7 Å². The summed E-state index contributed by atoms with van der Waals surface area (Å²) in [7, 11) is 3.00. The van der Waals surface area contributed by atoms with Gasteiger partial charge in [-0.2, -0.15) is 0 Å². The second-order valence-electron chi connectivity index (χ2n) is 7.54. The standard InChI is InChI=1S/C23H32N2O6/c1-6-8-9-16(7-2)14-31-22(27)15(3)13-25-21(26)20(24-23(25)28)17-10-11-18(29-4)19(12-17)30-5/h10-12,16,20H,3,6-9,13-14H2,1-2,4-5H3,(H,24,28). The fraction of sp³-hybridized carbons (Fsp3) is 0.522. The molecule has 2 rings (SSSR count). The van der Waals surface area contributed by atoms with Crippen LogP contribution in [0.5, 0.6) is 11.5 Å². The van der Waals surface area contributed by atoms with Crippen LogP contribution in [0.4, 0.5) is 4.79 Å². The molecule has 2 unspecified atom stereocenters. The molecule has 1 aliphatic rings. The van der Waals surface area contributed by atoms with Gasteiger partial charge in [-0.1, -0.05) is 45.8 Å². The SMILES string of the molecule is C=C(CN1C(=O)NC(c2ccc(OC)c(OC)c2)C1=O)C(=O)OCC(CC)CCCC. The van der Waals surface area contributed by atoms with Crippen LogP contribution in [-0.4, -0.2) is 50.2 Å². The lowest BCUT2D eigenvalue weighted by molar-refractivity contribution is -0.140. The fourth-order valence-corrected chi connectivity index (χ4v) is 3.38. The van der Waals surface area contributed by atoms with Crippen molar-refractivity contribution in [3.05, 3.63) is 35.9 Å². The minimum Gasteiger partial charge on any atom is -0.493 e. The van der Waals surface area contributed by atoms with Crippen LogP contribution in [0, 0.1) is 5.92 Å². The van der Waals surface area contributed by atoms with E-state index in [1.165, 1.54) is 14.2 Å². The van der Waals surface area contributed by atoms with Crippen molar-refractivity contribution in [1.82, 2.24) is 10.2 Å². The quantitative estimate of drug-likeness (QED) is 0.308. The van der Waals surface area contributed by atoms with E-state index in [1.807, 2.05) is 0 Å². The van der Waals surface area contributed by atoms with Crippen LogP contribution in [0.3, 0.4) is 0 Å². The topological polar surface area (TPSA) is 94.2 Å². The number of methoxy groups -OCH3 is 2. The van der Waals surface area contributed by atoms with Crippen molar-refractivity contribution in [2.75, 3.05) is 27.4 Å². The molecule has 0 bridgehead atoms. The van der Waals surface area contributed by atoms with E-state index >= 15 is 0 Å². The number of ether oxygens (including phenoxy) is 3. The lowest BCUT2D eigenvalue weighted by atomic mass is 10.0. The maximum absolute atomic E-state index is 12.8. The first-order valence-corrected chi connectivity index (χ1v) is 10.5. The van der Waals surface area contributed by atoms with Gasteiger partial charge in [-0.3, -0.25) is 9.69 Å². The van der Waals surface area contributed by atoms with Gasteiger partial charge in [-0.15, -0.1) is 0 Å². The highest BCUT2D eigenvalue weighted by Gasteiger charge is 2.40. The number of rotatable bonds is 12. The van der Waals surface area contributed by atoms with E-state index in [1.54, 1.807) is 18.2 Å². The van der Waals surface area contributed by atoms with Crippen molar-refractivity contribution in [2.45, 2.75) is 45.6 Å². The highest BCUT2D eigenvalue weighted by atomic mass is 16.5. The molecule has 8 nitrogen and oxygen atoms in total. The monoisotopic (exact) mass is 432 g/mol. The third-order valence-corrected chi connectivity index (χ3v) is 5.40. The lowest BCUT2D eigenvalue weighted by Gasteiger charge is -2.17. The zero-order valence-corrected chi connectivity index (χ0v) is 18.7. The van der Waals surface area contributed by atoms with Gasteiger partial charge in [-0.05, 0) is 30.0 Å². The summed E-state index contributed by atoms with van der Waals surface area (Å²) in [6.07, 6.45) is 4.08. The molecule has 170 valence electrons. The van der Waals surface area contributed by atoms with Gasteiger partial charge in [0.25, 0.3) is 5.91 Å². The zero-order valence-electron chi connectivity index (χ0n) is 18.7. The smallest absolute Gasteiger partial charge is 0.335 e. The Morgan fingerprint density at radius 3 is 2.52 bits per heavy atom. The van der Waals surface area contributed by atoms with Gasteiger partial charge in [-0.25, -0.2) is 9.59 Å². The number of carbonyl (C=O) groups is 3. The summed E-state index contributed by atoms with van der Waals surface area (Å²) in [5.74, 6) is 0.191. The lowest BCUT2D eigenvalue weighted by Crippen LogP contribution is -2.34. The molecule has 31 heavy (non-hydrogen) atoms. The van der Waals surface area contributed by atoms with Crippen molar-refractivity contribution in [3.8, 4) is 11.5 Å². The third-order valence-electron chi connectivity index (χ3n) is 5.40. The van der Waals surface area contributed by atoms with E-state index in [0.717, 1.165) is 30.6 Å². The van der Waals surface area contributed by atoms with Crippen molar-refractivity contribution in [1.29, 1.82) is 0 Å². The Bertz CT molecular complexity index is 822. The number of esters is 1. The van der Waals surface area contributed by atoms with Crippen molar-refractivity contribution in [2.24, 2.45) is 5.92 Å². The highest BCUT2D eigenvalue weighted by molar-refractivity contribution is 6.05. The molecule has 2 atom stereocenters. The van der Waals surface area contributed by atoms with Crippen LogP contribution in [0.1, 0.15) is 51.1 Å². The first kappa shape index (κ1) is 24.2. The van der Waals surface area contributed by atoms with Gasteiger partial charge < -0.3 is 19.5 Å². The predicted molar refractivity (Wildman–Crippen MR) is 116 cm³/mol. The molecular weight excluding hydrogens is 400 g/mol. The van der Waals surface area contributed by atoms with Gasteiger partial charge >= 0.3 is 12.0 Å². The Morgan fingerprint density at radius 2 is 1.90 bits per heavy atom. The van der Waals surface area contributed by atoms with Gasteiger partial charge in [0.2, 0.25) is 0 Å². The minimum absolute atomic E-state index is 0.0572. The van der Waals surface area contributed by atoms with Crippen molar-refractivity contribution in [3.63, 3.8) is 0 Å². The second kappa shape index (κ2) is 11.4. The van der Waals surface area contributed by atoms with Crippen molar-refractivity contribution < 1.29 is 28.6 Å². The molecule has 0 aliphatic carbocycles. The molecule has 3 amide bonds. The number of amides is 3. The van der Waals surface area contributed by atoms with Gasteiger partial charge in [0.15, 0.2) is 11.5 Å². The van der Waals surface area contributed by atoms with E-state index in [9.17, 15) is 14.4 Å². The van der Waals surface area contributed by atoms with E-state index in [4.69, 9.17) is 14.2 Å².